The monoisotopic (exact) mass is 378 g/mol. The van der Waals surface area contributed by atoms with Crippen LogP contribution in [0.15, 0.2) is 46.3 Å². The van der Waals surface area contributed by atoms with Crippen molar-refractivity contribution in [1.29, 1.82) is 0 Å². The van der Waals surface area contributed by atoms with E-state index in [2.05, 4.69) is 10.3 Å². The molecule has 2 aromatic rings. The van der Waals surface area contributed by atoms with Gasteiger partial charge in [-0.3, -0.25) is 4.79 Å². The minimum Gasteiger partial charge on any atom is -0.506 e. The van der Waals surface area contributed by atoms with Gasteiger partial charge in [-0.05, 0) is 60.2 Å². The molecule has 4 nitrogen and oxygen atoms in total. The number of carbonyl (C=O) groups is 1. The Balaban J connectivity index is 1.89. The summed E-state index contributed by atoms with van der Waals surface area (Å²) in [5.74, 6) is -0.210. The fourth-order valence-electron chi connectivity index (χ4n) is 2.07. The van der Waals surface area contributed by atoms with Gasteiger partial charge in [0.25, 0.3) is 5.91 Å². The summed E-state index contributed by atoms with van der Waals surface area (Å²) in [5.41, 5.74) is 2.06. The predicted octanol–water partition coefficient (Wildman–Crippen LogP) is 4.90. The van der Waals surface area contributed by atoms with E-state index in [0.29, 0.717) is 31.4 Å². The van der Waals surface area contributed by atoms with Crippen LogP contribution in [0, 0.1) is 6.92 Å². The average Bonchev–Trinajstić information content (AvgIpc) is 2.85. The maximum Gasteiger partial charge on any atom is 0.264 e. The quantitative estimate of drug-likeness (QED) is 0.730. The summed E-state index contributed by atoms with van der Waals surface area (Å²) in [5, 5.41) is 13.9. The second kappa shape index (κ2) is 6.89. The van der Waals surface area contributed by atoms with Gasteiger partial charge in [-0.1, -0.05) is 35.3 Å². The van der Waals surface area contributed by atoms with Gasteiger partial charge in [0.2, 0.25) is 0 Å². The zero-order valence-electron chi connectivity index (χ0n) is 12.5. The number of aliphatic imine (C=N–C) groups is 1. The van der Waals surface area contributed by atoms with Crippen LogP contribution in [0.5, 0.6) is 5.75 Å². The van der Waals surface area contributed by atoms with Crippen LogP contribution in [0.25, 0.3) is 6.08 Å². The van der Waals surface area contributed by atoms with Crippen LogP contribution < -0.4 is 5.32 Å². The molecule has 0 atom stereocenters. The van der Waals surface area contributed by atoms with Gasteiger partial charge in [0, 0.05) is 10.0 Å². The predicted molar refractivity (Wildman–Crippen MR) is 100 cm³/mol. The molecule has 7 heteroatoms. The fourth-order valence-corrected chi connectivity index (χ4v) is 3.36. The Morgan fingerprint density at radius 2 is 2.00 bits per heavy atom. The van der Waals surface area contributed by atoms with Crippen molar-refractivity contribution in [3.8, 4) is 5.75 Å². The smallest absolute Gasteiger partial charge is 0.264 e. The minimum absolute atomic E-state index is 0.0566. The summed E-state index contributed by atoms with van der Waals surface area (Å²) in [6.07, 6.45) is 1.68. The highest BCUT2D eigenvalue weighted by atomic mass is 35.5. The highest BCUT2D eigenvalue weighted by Crippen LogP contribution is 2.33. The zero-order valence-corrected chi connectivity index (χ0v) is 14.8. The largest absolute Gasteiger partial charge is 0.506 e. The van der Waals surface area contributed by atoms with E-state index in [9.17, 15) is 9.90 Å². The number of phenolic OH excluding ortho intramolecular Hbond substituents is 1. The molecule has 1 heterocycles. The maximum atomic E-state index is 12.1. The van der Waals surface area contributed by atoms with E-state index in [0.717, 1.165) is 5.56 Å². The number of aryl methyl sites for hydroxylation is 1. The van der Waals surface area contributed by atoms with E-state index >= 15 is 0 Å². The Morgan fingerprint density at radius 3 is 2.75 bits per heavy atom. The topological polar surface area (TPSA) is 61.7 Å². The van der Waals surface area contributed by atoms with Gasteiger partial charge in [0.05, 0.1) is 4.91 Å². The molecule has 24 heavy (non-hydrogen) atoms. The summed E-state index contributed by atoms with van der Waals surface area (Å²) in [6, 6.07) is 10.2. The lowest BCUT2D eigenvalue weighted by atomic mass is 10.2. The number of amidine groups is 1. The van der Waals surface area contributed by atoms with Crippen LogP contribution >= 0.6 is 35.0 Å². The van der Waals surface area contributed by atoms with Crippen molar-refractivity contribution in [2.45, 2.75) is 6.92 Å². The molecule has 0 unspecified atom stereocenters. The molecule has 0 spiro atoms. The van der Waals surface area contributed by atoms with Crippen LogP contribution in [-0.2, 0) is 4.79 Å². The molecule has 1 aliphatic heterocycles. The van der Waals surface area contributed by atoms with Crippen LogP contribution in [0.1, 0.15) is 11.1 Å². The van der Waals surface area contributed by atoms with Gasteiger partial charge in [-0.15, -0.1) is 0 Å². The molecule has 2 N–H and O–H groups in total. The molecule has 0 radical (unpaired) electrons. The van der Waals surface area contributed by atoms with Crippen LogP contribution in [0.2, 0.25) is 10.0 Å². The van der Waals surface area contributed by atoms with Crippen molar-refractivity contribution >= 4 is 57.8 Å². The normalized spacial score (nSPS) is 17.5. The third kappa shape index (κ3) is 3.75. The first kappa shape index (κ1) is 16.9. The maximum absolute atomic E-state index is 12.1. The molecule has 0 aliphatic carbocycles. The fraction of sp³-hybridized carbons (Fsp3) is 0.0588. The number of hydrogen-bond acceptors (Lipinski definition) is 4. The van der Waals surface area contributed by atoms with E-state index in [1.54, 1.807) is 42.5 Å². The molecule has 0 bridgehead atoms. The van der Waals surface area contributed by atoms with Crippen molar-refractivity contribution in [1.82, 2.24) is 5.32 Å². The minimum atomic E-state index is -0.267. The third-order valence-electron chi connectivity index (χ3n) is 3.25. The average molecular weight is 379 g/mol. The Bertz CT molecular complexity index is 894. The van der Waals surface area contributed by atoms with E-state index in [1.807, 2.05) is 6.92 Å². The van der Waals surface area contributed by atoms with Crippen LogP contribution in [0.3, 0.4) is 0 Å². The SMILES string of the molecule is Cc1ccc(O)c(N=C2NC(=O)/C(=C/c3ccc(Cl)cc3Cl)S2)c1. The van der Waals surface area contributed by atoms with E-state index < -0.39 is 0 Å². The van der Waals surface area contributed by atoms with Gasteiger partial charge in [0.15, 0.2) is 5.17 Å². The van der Waals surface area contributed by atoms with Gasteiger partial charge in [-0.2, -0.15) is 0 Å². The summed E-state index contributed by atoms with van der Waals surface area (Å²) in [6.45, 7) is 1.90. The van der Waals surface area contributed by atoms with Crippen molar-refractivity contribution in [3.05, 3.63) is 62.5 Å². The lowest BCUT2D eigenvalue weighted by molar-refractivity contribution is -0.115. The Kier molecular flexibility index (Phi) is 4.85. The molecule has 2 aromatic carbocycles. The van der Waals surface area contributed by atoms with E-state index in [4.69, 9.17) is 23.2 Å². The highest BCUT2D eigenvalue weighted by Gasteiger charge is 2.24. The van der Waals surface area contributed by atoms with Gasteiger partial charge < -0.3 is 10.4 Å². The summed E-state index contributed by atoms with van der Waals surface area (Å²) in [4.78, 5) is 16.9. The number of nitrogens with one attached hydrogen (secondary N) is 1. The first-order chi connectivity index (χ1) is 11.4. The molecule has 1 fully saturated rings. The third-order valence-corrected chi connectivity index (χ3v) is 4.73. The Labute approximate surface area is 153 Å². The van der Waals surface area contributed by atoms with Crippen LogP contribution in [-0.4, -0.2) is 16.2 Å². The number of halogens is 2. The number of amides is 1. The van der Waals surface area contributed by atoms with Gasteiger partial charge in [0.1, 0.15) is 11.4 Å². The first-order valence-electron chi connectivity index (χ1n) is 6.96. The van der Waals surface area contributed by atoms with Crippen molar-refractivity contribution in [3.63, 3.8) is 0 Å². The number of thioether (sulfide) groups is 1. The van der Waals surface area contributed by atoms with Crippen molar-refractivity contribution in [2.75, 3.05) is 0 Å². The summed E-state index contributed by atoms with van der Waals surface area (Å²) >= 11 is 13.2. The Hall–Kier alpha value is -1.95. The molecule has 1 amide bonds. The number of rotatable bonds is 2. The van der Waals surface area contributed by atoms with Gasteiger partial charge >= 0.3 is 0 Å². The molecule has 3 rings (SSSR count). The molecule has 1 saturated heterocycles. The van der Waals surface area contributed by atoms with Crippen molar-refractivity contribution in [2.24, 2.45) is 4.99 Å². The number of carbonyl (C=O) groups excluding carboxylic acids is 1. The summed E-state index contributed by atoms with van der Waals surface area (Å²) < 4.78 is 0. The van der Waals surface area contributed by atoms with Crippen molar-refractivity contribution < 1.29 is 9.90 Å². The molecular weight excluding hydrogens is 367 g/mol. The number of hydrogen-bond donors (Lipinski definition) is 2. The molecule has 122 valence electrons. The zero-order chi connectivity index (χ0) is 17.3. The van der Waals surface area contributed by atoms with E-state index in [-0.39, 0.29) is 11.7 Å². The highest BCUT2D eigenvalue weighted by molar-refractivity contribution is 8.18. The second-order valence-electron chi connectivity index (χ2n) is 5.14. The second-order valence-corrected chi connectivity index (χ2v) is 7.01. The lowest BCUT2D eigenvalue weighted by Crippen LogP contribution is -2.19. The first-order valence-corrected chi connectivity index (χ1v) is 8.54. The summed E-state index contributed by atoms with van der Waals surface area (Å²) in [7, 11) is 0. The molecule has 0 aromatic heterocycles. The molecular formula is C17H12Cl2N2O2S. The number of benzene rings is 2. The number of aromatic hydroxyl groups is 1. The van der Waals surface area contributed by atoms with E-state index in [1.165, 1.54) is 11.8 Å². The van der Waals surface area contributed by atoms with Gasteiger partial charge in [-0.25, -0.2) is 4.99 Å². The number of phenols is 1. The lowest BCUT2D eigenvalue weighted by Gasteiger charge is -2.01. The van der Waals surface area contributed by atoms with Crippen LogP contribution in [0.4, 0.5) is 5.69 Å². The standard InChI is InChI=1S/C17H12Cl2N2O2S/c1-9-2-5-14(22)13(6-9)20-17-21-16(23)15(24-17)7-10-3-4-11(18)8-12(10)19/h2-8,22H,1H3,(H,20,21,23)/b15-7-. The molecule has 1 aliphatic rings. The number of nitrogens with zero attached hydrogens (tertiary/aromatic N) is 1. The Morgan fingerprint density at radius 1 is 1.21 bits per heavy atom. The molecule has 0 saturated carbocycles.